The third kappa shape index (κ3) is 9.86. The van der Waals surface area contributed by atoms with E-state index in [9.17, 15) is 31.1 Å². The van der Waals surface area contributed by atoms with Gasteiger partial charge in [0.2, 0.25) is 0 Å². The average molecular weight is 673 g/mol. The van der Waals surface area contributed by atoms with Crippen LogP contribution >= 0.6 is 36.6 Å². The van der Waals surface area contributed by atoms with Crippen LogP contribution in [-0.4, -0.2) is 78.4 Å². The number of benzene rings is 2. The van der Waals surface area contributed by atoms with Crippen molar-refractivity contribution in [2.75, 3.05) is 57.3 Å². The van der Waals surface area contributed by atoms with Gasteiger partial charge in [0.15, 0.2) is 5.78 Å². The van der Waals surface area contributed by atoms with Gasteiger partial charge in [0.25, 0.3) is 0 Å². The lowest BCUT2D eigenvalue weighted by Gasteiger charge is -2.43. The highest BCUT2D eigenvalue weighted by Crippen LogP contribution is 2.37. The number of hydrogen-bond donors (Lipinski definition) is 1. The van der Waals surface area contributed by atoms with Gasteiger partial charge in [-0.05, 0) is 55.2 Å². The highest BCUT2D eigenvalue weighted by Gasteiger charge is 2.44. The number of Topliss-reactive ketones (excluding diaryl/α,β-unsaturated/α-hetero) is 1. The lowest BCUT2D eigenvalue weighted by molar-refractivity contribution is -0.143. The van der Waals surface area contributed by atoms with E-state index in [2.05, 4.69) is 16.3 Å². The second-order valence-corrected chi connectivity index (χ2v) is 12.1. The van der Waals surface area contributed by atoms with E-state index in [0.29, 0.717) is 31.8 Å². The molecule has 0 bridgehead atoms. The summed E-state index contributed by atoms with van der Waals surface area (Å²) >= 11 is 1.93. The molecule has 43 heavy (non-hydrogen) atoms. The number of carbonyl (C=O) groups excluding carboxylic acids is 1. The molecular formula is C30H37Cl2F6N3OS. The first kappa shape index (κ1) is 37.4. The molecule has 0 saturated carbocycles. The molecule has 4 nitrogen and oxygen atoms in total. The molecule has 1 atom stereocenters. The van der Waals surface area contributed by atoms with E-state index in [1.807, 2.05) is 54.8 Å². The second-order valence-electron chi connectivity index (χ2n) is 10.8. The van der Waals surface area contributed by atoms with Crippen molar-refractivity contribution < 1.29 is 31.1 Å². The summed E-state index contributed by atoms with van der Waals surface area (Å²) in [6.07, 6.45) is -5.86. The van der Waals surface area contributed by atoms with Gasteiger partial charge in [-0.25, -0.2) is 0 Å². The van der Waals surface area contributed by atoms with Crippen LogP contribution in [0.4, 0.5) is 26.3 Å². The van der Waals surface area contributed by atoms with E-state index in [1.54, 1.807) is 0 Å². The molecular weight excluding hydrogens is 635 g/mol. The summed E-state index contributed by atoms with van der Waals surface area (Å²) in [6, 6.07) is 6.79. The summed E-state index contributed by atoms with van der Waals surface area (Å²) in [5.41, 5.74) is -2.22. The van der Waals surface area contributed by atoms with Crippen LogP contribution in [0.15, 0.2) is 48.6 Å². The van der Waals surface area contributed by atoms with Gasteiger partial charge in [-0.3, -0.25) is 14.6 Å². The predicted octanol–water partition coefficient (Wildman–Crippen LogP) is 6.86. The number of aryl methyl sites for hydroxylation is 2. The molecule has 240 valence electrons. The van der Waals surface area contributed by atoms with Crippen molar-refractivity contribution >= 4 is 42.4 Å². The summed E-state index contributed by atoms with van der Waals surface area (Å²) in [4.78, 5) is 18.4. The smallest absolute Gasteiger partial charge is 0.302 e. The van der Waals surface area contributed by atoms with Gasteiger partial charge < -0.3 is 5.32 Å². The molecule has 2 fully saturated rings. The van der Waals surface area contributed by atoms with Gasteiger partial charge in [-0.2, -0.15) is 38.1 Å². The van der Waals surface area contributed by atoms with Crippen molar-refractivity contribution in [1.29, 1.82) is 0 Å². The SMILES string of the molecule is Cc1ccc(C[C@]2(C(=O)c3cc(C(F)(F)F)cc(C(F)(F)F)c3)CN(CC=CCN3CCSCC3)CCN2)cc1C.Cl.Cl. The number of thioether (sulfide) groups is 1. The Morgan fingerprint density at radius 1 is 0.860 bits per heavy atom. The van der Waals surface area contributed by atoms with E-state index < -0.39 is 40.4 Å². The maximum atomic E-state index is 14.1. The fraction of sp³-hybridized carbons (Fsp3) is 0.500. The van der Waals surface area contributed by atoms with Crippen LogP contribution < -0.4 is 5.32 Å². The maximum Gasteiger partial charge on any atom is 0.416 e. The Kier molecular flexibility index (Phi) is 13.5. The highest BCUT2D eigenvalue weighted by atomic mass is 35.5. The number of nitrogens with one attached hydrogen (secondary N) is 1. The quantitative estimate of drug-likeness (QED) is 0.189. The van der Waals surface area contributed by atoms with Gasteiger partial charge >= 0.3 is 12.4 Å². The van der Waals surface area contributed by atoms with Crippen LogP contribution in [0.5, 0.6) is 0 Å². The summed E-state index contributed by atoms with van der Waals surface area (Å²) < 4.78 is 81.7. The van der Waals surface area contributed by atoms with Crippen molar-refractivity contribution in [3.05, 3.63) is 81.9 Å². The van der Waals surface area contributed by atoms with Gasteiger partial charge in [-0.1, -0.05) is 30.4 Å². The fourth-order valence-electron chi connectivity index (χ4n) is 5.33. The molecule has 0 aliphatic carbocycles. The Morgan fingerprint density at radius 2 is 1.44 bits per heavy atom. The van der Waals surface area contributed by atoms with E-state index in [0.717, 1.165) is 47.8 Å². The molecule has 2 saturated heterocycles. The van der Waals surface area contributed by atoms with Crippen LogP contribution in [0.1, 0.15) is 38.2 Å². The minimum absolute atomic E-state index is 0. The number of piperazine rings is 1. The molecule has 2 aromatic rings. The first-order valence-corrected chi connectivity index (χ1v) is 14.8. The van der Waals surface area contributed by atoms with Crippen molar-refractivity contribution in [3.63, 3.8) is 0 Å². The lowest BCUT2D eigenvalue weighted by atomic mass is 9.80. The Balaban J connectivity index is 0.00000323. The summed E-state index contributed by atoms with van der Waals surface area (Å²) in [5, 5.41) is 3.21. The van der Waals surface area contributed by atoms with Gasteiger partial charge in [0, 0.05) is 62.9 Å². The van der Waals surface area contributed by atoms with E-state index >= 15 is 0 Å². The number of carbonyl (C=O) groups is 1. The largest absolute Gasteiger partial charge is 0.416 e. The van der Waals surface area contributed by atoms with Crippen molar-refractivity contribution in [3.8, 4) is 0 Å². The molecule has 0 aromatic heterocycles. The number of hydrogen-bond acceptors (Lipinski definition) is 5. The Hall–Kier alpha value is -1.76. The molecule has 2 aliphatic heterocycles. The maximum absolute atomic E-state index is 14.1. The van der Waals surface area contributed by atoms with E-state index in [4.69, 9.17) is 0 Å². The van der Waals surface area contributed by atoms with Crippen LogP contribution in [0.2, 0.25) is 0 Å². The molecule has 2 aromatic carbocycles. The zero-order valence-electron chi connectivity index (χ0n) is 24.0. The summed E-state index contributed by atoms with van der Waals surface area (Å²) in [5.74, 6) is 1.41. The number of halogens is 8. The third-order valence-corrected chi connectivity index (χ3v) is 8.69. The Morgan fingerprint density at radius 3 is 2.00 bits per heavy atom. The minimum Gasteiger partial charge on any atom is -0.302 e. The van der Waals surface area contributed by atoms with E-state index in [1.165, 1.54) is 0 Å². The number of alkyl halides is 6. The van der Waals surface area contributed by atoms with Crippen LogP contribution in [0.25, 0.3) is 0 Å². The second kappa shape index (κ2) is 15.5. The zero-order chi connectivity index (χ0) is 29.8. The van der Waals surface area contributed by atoms with Gasteiger partial charge in [0.05, 0.1) is 16.7 Å². The first-order valence-electron chi connectivity index (χ1n) is 13.6. The third-order valence-electron chi connectivity index (χ3n) is 7.74. The molecule has 2 heterocycles. The molecule has 4 rings (SSSR count). The normalized spacial score (nSPS) is 20.5. The molecule has 0 spiro atoms. The molecule has 2 aliphatic rings. The first-order chi connectivity index (χ1) is 19.3. The molecule has 0 unspecified atom stereocenters. The molecule has 0 radical (unpaired) electrons. The highest BCUT2D eigenvalue weighted by molar-refractivity contribution is 7.99. The van der Waals surface area contributed by atoms with E-state index in [-0.39, 0.29) is 43.8 Å². The van der Waals surface area contributed by atoms with Gasteiger partial charge in [0.1, 0.15) is 0 Å². The van der Waals surface area contributed by atoms with Crippen LogP contribution in [0.3, 0.4) is 0 Å². The fourth-order valence-corrected chi connectivity index (χ4v) is 6.31. The molecule has 0 amide bonds. The number of nitrogens with zero attached hydrogens (tertiary/aromatic N) is 2. The Bertz CT molecular complexity index is 1240. The van der Waals surface area contributed by atoms with Gasteiger partial charge in [-0.15, -0.1) is 24.8 Å². The monoisotopic (exact) mass is 671 g/mol. The van der Waals surface area contributed by atoms with Crippen molar-refractivity contribution in [2.24, 2.45) is 0 Å². The van der Waals surface area contributed by atoms with Crippen molar-refractivity contribution in [1.82, 2.24) is 15.1 Å². The zero-order valence-corrected chi connectivity index (χ0v) is 26.4. The summed E-state index contributed by atoms with van der Waals surface area (Å²) in [6.45, 7) is 8.31. The number of rotatable bonds is 8. The lowest BCUT2D eigenvalue weighted by Crippen LogP contribution is -2.65. The van der Waals surface area contributed by atoms with Crippen LogP contribution in [0, 0.1) is 13.8 Å². The topological polar surface area (TPSA) is 35.6 Å². The minimum atomic E-state index is -5.04. The van der Waals surface area contributed by atoms with Crippen molar-refractivity contribution in [2.45, 2.75) is 38.2 Å². The molecule has 1 N–H and O–H groups in total. The molecule has 13 heteroatoms. The number of ketones is 1. The predicted molar refractivity (Wildman–Crippen MR) is 165 cm³/mol. The average Bonchev–Trinajstić information content (AvgIpc) is 2.92. The standard InChI is InChI=1S/C30H35F6N3OS.2ClH/c1-21-5-6-23(15-22(21)2)19-28(20-39(10-7-37-28)9-4-3-8-38-11-13-41-14-12-38)27(40)24-16-25(29(31,32)33)18-26(17-24)30(34,35)36;;/h3-6,15-18,37H,7-14,19-20H2,1-2H3;2*1H/t28-;;/m1../s1. The summed E-state index contributed by atoms with van der Waals surface area (Å²) in [7, 11) is 0. The van der Waals surface area contributed by atoms with Crippen LogP contribution in [-0.2, 0) is 18.8 Å². The Labute approximate surface area is 265 Å².